The van der Waals surface area contributed by atoms with Crippen molar-refractivity contribution in [1.29, 1.82) is 0 Å². The van der Waals surface area contributed by atoms with Gasteiger partial charge >= 0.3 is 6.18 Å². The van der Waals surface area contributed by atoms with Crippen LogP contribution >= 0.6 is 11.5 Å². The van der Waals surface area contributed by atoms with Gasteiger partial charge in [-0.2, -0.15) is 22.5 Å². The number of ether oxygens (including phenoxy) is 1. The molecule has 0 aliphatic carbocycles. The van der Waals surface area contributed by atoms with Crippen molar-refractivity contribution in [2.75, 3.05) is 35.3 Å². The van der Waals surface area contributed by atoms with E-state index in [2.05, 4.69) is 38.7 Å². The van der Waals surface area contributed by atoms with Crippen LogP contribution in [0.5, 0.6) is 5.75 Å². The van der Waals surface area contributed by atoms with E-state index in [0.29, 0.717) is 48.5 Å². The minimum absolute atomic E-state index is 0.0112. The summed E-state index contributed by atoms with van der Waals surface area (Å²) in [5.41, 5.74) is 0.101. The predicted molar refractivity (Wildman–Crippen MR) is 136 cm³/mol. The molecular weight excluding hydrogens is 511 g/mol. The fraction of sp³-hybridized carbons (Fsp3) is 0.500. The summed E-state index contributed by atoms with van der Waals surface area (Å²) in [4.78, 5) is 29.0. The summed E-state index contributed by atoms with van der Waals surface area (Å²) in [6.45, 7) is 7.89. The number of hydrogen-bond donors (Lipinski definition) is 3. The second-order valence-corrected chi connectivity index (χ2v) is 10.2. The maximum atomic E-state index is 13.1. The van der Waals surface area contributed by atoms with Gasteiger partial charge in [0.05, 0.1) is 11.4 Å². The van der Waals surface area contributed by atoms with E-state index in [1.165, 1.54) is 0 Å². The Labute approximate surface area is 215 Å². The molecule has 37 heavy (non-hydrogen) atoms. The Morgan fingerprint density at radius 2 is 1.89 bits per heavy atom. The maximum Gasteiger partial charge on any atom is 0.452 e. The average molecular weight is 540 g/mol. The first-order valence-corrected chi connectivity index (χ1v) is 12.7. The lowest BCUT2D eigenvalue weighted by Gasteiger charge is -2.38. The Kier molecular flexibility index (Phi) is 7.74. The highest BCUT2D eigenvalue weighted by atomic mass is 32.1. The molecule has 2 aromatic carbocycles. The number of alkyl halides is 3. The van der Waals surface area contributed by atoms with Crippen LogP contribution in [0.3, 0.4) is 0 Å². The van der Waals surface area contributed by atoms with Crippen molar-refractivity contribution in [3.8, 4) is 5.75 Å². The number of halogens is 3. The molecule has 0 spiro atoms. The second kappa shape index (κ2) is 10.7. The monoisotopic (exact) mass is 539 g/mol. The summed E-state index contributed by atoms with van der Waals surface area (Å²) in [7, 11) is 0. The molecule has 1 aromatic heterocycles. The minimum atomic E-state index is -4.66. The van der Waals surface area contributed by atoms with Crippen molar-refractivity contribution in [3.63, 3.8) is 0 Å². The van der Waals surface area contributed by atoms with Crippen molar-refractivity contribution < 1.29 is 23.0 Å². The lowest BCUT2D eigenvalue weighted by Crippen LogP contribution is -2.42. The molecular formula is C24H28F3N5O4S. The fourth-order valence-corrected chi connectivity index (χ4v) is 4.93. The molecule has 1 fully saturated rings. The zero-order valence-corrected chi connectivity index (χ0v) is 21.4. The zero-order chi connectivity index (χ0) is 26.9. The zero-order valence-electron chi connectivity index (χ0n) is 20.6. The van der Waals surface area contributed by atoms with Gasteiger partial charge in [0.1, 0.15) is 5.69 Å². The summed E-state index contributed by atoms with van der Waals surface area (Å²) in [6.07, 6.45) is -3.03. The van der Waals surface area contributed by atoms with Gasteiger partial charge in [-0.15, -0.1) is 0 Å². The van der Waals surface area contributed by atoms with E-state index >= 15 is 0 Å². The van der Waals surface area contributed by atoms with Gasteiger partial charge in [-0.1, -0.05) is 19.9 Å². The summed E-state index contributed by atoms with van der Waals surface area (Å²) in [5.74, 6) is -1.51. The highest BCUT2D eigenvalue weighted by Crippen LogP contribution is 2.37. The molecule has 2 heterocycles. The third kappa shape index (κ3) is 5.87. The van der Waals surface area contributed by atoms with Crippen LogP contribution in [0, 0.1) is 5.92 Å². The normalized spacial score (nSPS) is 15.8. The van der Waals surface area contributed by atoms with Gasteiger partial charge in [-0.05, 0) is 43.4 Å². The van der Waals surface area contributed by atoms with E-state index in [0.717, 1.165) is 18.5 Å². The van der Waals surface area contributed by atoms with Crippen molar-refractivity contribution in [3.05, 3.63) is 50.0 Å². The van der Waals surface area contributed by atoms with Gasteiger partial charge in [0, 0.05) is 43.4 Å². The highest BCUT2D eigenvalue weighted by Gasteiger charge is 2.36. The molecule has 9 nitrogen and oxygen atoms in total. The van der Waals surface area contributed by atoms with Gasteiger partial charge in [0.15, 0.2) is 5.75 Å². The van der Waals surface area contributed by atoms with Crippen LogP contribution in [0.25, 0.3) is 0 Å². The van der Waals surface area contributed by atoms with Crippen LogP contribution in [-0.2, 0) is 10.9 Å². The van der Waals surface area contributed by atoms with Gasteiger partial charge in [-0.25, -0.2) is 0 Å². The van der Waals surface area contributed by atoms with Crippen LogP contribution in [0.15, 0.2) is 27.8 Å². The molecule has 13 heteroatoms. The van der Waals surface area contributed by atoms with E-state index in [-0.39, 0.29) is 16.9 Å². The fourth-order valence-electron chi connectivity index (χ4n) is 4.33. The summed E-state index contributed by atoms with van der Waals surface area (Å²) in [6, 6.07) is 5.16. The Morgan fingerprint density at radius 1 is 1.19 bits per heavy atom. The van der Waals surface area contributed by atoms with Crippen LogP contribution in [0.2, 0.25) is 0 Å². The van der Waals surface area contributed by atoms with Gasteiger partial charge < -0.3 is 25.4 Å². The molecule has 0 saturated carbocycles. The first kappa shape index (κ1) is 26.9. The SMILES string of the molecule is CC(C)CN(c1ccc(C(C)Nc2c(O)c(=O)c2=O)cc1Nc1nc(C(F)(F)F)ns1)C1CCOCC1. The molecule has 0 bridgehead atoms. The van der Waals surface area contributed by atoms with E-state index in [1.807, 2.05) is 12.1 Å². The molecule has 3 aromatic rings. The Bertz CT molecular complexity index is 1310. The lowest BCUT2D eigenvalue weighted by atomic mass is 10.0. The van der Waals surface area contributed by atoms with E-state index in [4.69, 9.17) is 4.74 Å². The van der Waals surface area contributed by atoms with E-state index in [9.17, 15) is 27.9 Å². The Morgan fingerprint density at radius 3 is 2.49 bits per heavy atom. The van der Waals surface area contributed by atoms with Crippen LogP contribution in [-0.4, -0.2) is 40.3 Å². The number of nitrogens with zero attached hydrogens (tertiary/aromatic N) is 3. The minimum Gasteiger partial charge on any atom is -0.502 e. The summed E-state index contributed by atoms with van der Waals surface area (Å²) in [5, 5.41) is 15.6. The molecule has 1 unspecified atom stereocenters. The summed E-state index contributed by atoms with van der Waals surface area (Å²) < 4.78 is 48.3. The lowest BCUT2D eigenvalue weighted by molar-refractivity contribution is -0.144. The Hall–Kier alpha value is -3.19. The standard InChI is InChI=1S/C24H28F3N5O4S/c1-12(2)11-32(15-6-8-36-9-7-15)17-5-4-14(13(3)28-18-19(33)21(35)20(18)34)10-16(17)29-23-30-22(31-37-23)24(25,26)27/h4-5,10,12-13,15,28,33H,6-9,11H2,1-3H3,(H,29,30,31). The summed E-state index contributed by atoms with van der Waals surface area (Å²) >= 11 is 0.611. The number of nitrogens with one attached hydrogen (secondary N) is 2. The molecule has 200 valence electrons. The molecule has 1 aliphatic heterocycles. The molecule has 1 saturated heterocycles. The smallest absolute Gasteiger partial charge is 0.452 e. The quantitative estimate of drug-likeness (QED) is 0.340. The van der Waals surface area contributed by atoms with Gasteiger partial charge in [0.2, 0.25) is 11.0 Å². The van der Waals surface area contributed by atoms with E-state index < -0.39 is 34.6 Å². The molecule has 3 N–H and O–H groups in total. The number of aromatic hydroxyl groups is 1. The molecule has 1 aliphatic rings. The number of anilines is 4. The Balaban J connectivity index is 1.71. The molecule has 1 atom stereocenters. The van der Waals surface area contributed by atoms with Gasteiger partial charge in [0.25, 0.3) is 10.9 Å². The van der Waals surface area contributed by atoms with Crippen LogP contribution in [0.1, 0.15) is 51.0 Å². The van der Waals surface area contributed by atoms with Crippen LogP contribution in [0.4, 0.5) is 35.4 Å². The first-order valence-electron chi connectivity index (χ1n) is 11.9. The second-order valence-electron chi connectivity index (χ2n) is 9.46. The van der Waals surface area contributed by atoms with Crippen molar-refractivity contribution >= 4 is 33.7 Å². The van der Waals surface area contributed by atoms with Crippen molar-refractivity contribution in [2.45, 2.75) is 51.9 Å². The largest absolute Gasteiger partial charge is 0.502 e. The van der Waals surface area contributed by atoms with Crippen LogP contribution < -0.4 is 26.4 Å². The highest BCUT2D eigenvalue weighted by molar-refractivity contribution is 7.09. The number of hydrogen-bond acceptors (Lipinski definition) is 10. The first-order chi connectivity index (χ1) is 17.5. The molecule has 0 radical (unpaired) electrons. The average Bonchev–Trinajstić information content (AvgIpc) is 3.35. The predicted octanol–water partition coefficient (Wildman–Crippen LogP) is 4.42. The topological polar surface area (TPSA) is 117 Å². The van der Waals surface area contributed by atoms with Gasteiger partial charge in [-0.3, -0.25) is 9.59 Å². The van der Waals surface area contributed by atoms with Crippen molar-refractivity contribution in [2.24, 2.45) is 5.92 Å². The third-order valence-electron chi connectivity index (χ3n) is 6.19. The molecule has 0 amide bonds. The molecule has 4 rings (SSSR count). The third-order valence-corrected chi connectivity index (χ3v) is 6.82. The van der Waals surface area contributed by atoms with E-state index in [1.54, 1.807) is 13.0 Å². The number of benzene rings is 1. The number of aromatic nitrogens is 2. The maximum absolute atomic E-state index is 13.1. The van der Waals surface area contributed by atoms with Crippen molar-refractivity contribution in [1.82, 2.24) is 9.36 Å². The number of rotatable bonds is 9.